The fraction of sp³-hybridized carbons (Fsp3) is 0.625. The Labute approximate surface area is 120 Å². The van der Waals surface area contributed by atoms with E-state index in [9.17, 15) is 0 Å². The Bertz CT molecular complexity index is 357. The summed E-state index contributed by atoms with van der Waals surface area (Å²) in [5, 5.41) is 8.98. The maximum atomic E-state index is 8.98. The van der Waals surface area contributed by atoms with Crippen LogP contribution >= 0.6 is 0 Å². The monoisotopic (exact) mass is 280 g/mol. The molecule has 0 radical (unpaired) electrons. The molecule has 2 atom stereocenters. The number of rotatable bonds is 7. The summed E-state index contributed by atoms with van der Waals surface area (Å²) in [4.78, 5) is 0. The highest BCUT2D eigenvalue weighted by Crippen LogP contribution is 2.12. The van der Waals surface area contributed by atoms with Crippen molar-refractivity contribution in [2.24, 2.45) is 0 Å². The minimum Gasteiger partial charge on any atom is -0.508 e. The molecule has 0 bridgehead atoms. The molecule has 0 amide bonds. The zero-order valence-electron chi connectivity index (χ0n) is 12.1. The fourth-order valence-corrected chi connectivity index (χ4v) is 1.70. The number of hydrogen-bond donors (Lipinski definition) is 1. The molecule has 0 aromatic heterocycles. The second-order valence-electron chi connectivity index (χ2n) is 5.22. The van der Waals surface area contributed by atoms with Gasteiger partial charge in [0.1, 0.15) is 18.0 Å². The van der Waals surface area contributed by atoms with Gasteiger partial charge >= 0.3 is 0 Å². The first-order chi connectivity index (χ1) is 9.78. The zero-order valence-corrected chi connectivity index (χ0v) is 12.1. The van der Waals surface area contributed by atoms with Crippen LogP contribution in [0.3, 0.4) is 0 Å². The van der Waals surface area contributed by atoms with E-state index in [0.29, 0.717) is 18.0 Å². The Morgan fingerprint density at radius 1 is 1.10 bits per heavy atom. The summed E-state index contributed by atoms with van der Waals surface area (Å²) >= 11 is 0. The molecule has 1 aromatic rings. The van der Waals surface area contributed by atoms with E-state index in [1.54, 1.807) is 12.1 Å². The van der Waals surface area contributed by atoms with Crippen molar-refractivity contribution in [2.45, 2.75) is 38.4 Å². The molecular formula is C16H24O4. The van der Waals surface area contributed by atoms with Crippen molar-refractivity contribution in [1.29, 1.82) is 0 Å². The predicted octanol–water partition coefficient (Wildman–Crippen LogP) is 2.54. The Kier molecular flexibility index (Phi) is 6.30. The topological polar surface area (TPSA) is 54.5 Å². The van der Waals surface area contributed by atoms with E-state index in [-0.39, 0.29) is 0 Å². The molecule has 0 spiro atoms. The van der Waals surface area contributed by atoms with Gasteiger partial charge in [0.2, 0.25) is 0 Å². The summed E-state index contributed by atoms with van der Waals surface area (Å²) < 4.78 is 15.1. The van der Waals surface area contributed by atoms with E-state index in [0.717, 1.165) is 32.8 Å². The van der Waals surface area contributed by atoms with Gasteiger partial charge in [-0.25, -0.2) is 0 Å². The highest BCUT2D eigenvalue weighted by molar-refractivity contribution is 5.25. The molecule has 20 heavy (non-hydrogen) atoms. The molecule has 1 N–H and O–H groups in total. The van der Waals surface area contributed by atoms with Crippen LogP contribution in [0.2, 0.25) is 0 Å². The molecule has 2 heterocycles. The Morgan fingerprint density at radius 2 is 1.65 bits per heavy atom. The summed E-state index contributed by atoms with van der Waals surface area (Å²) in [7, 11) is 0. The number of phenolic OH excluding ortho intramolecular Hbond substituents is 1. The van der Waals surface area contributed by atoms with E-state index < -0.39 is 0 Å². The van der Waals surface area contributed by atoms with Crippen molar-refractivity contribution < 1.29 is 19.3 Å². The second kappa shape index (κ2) is 8.25. The minimum atomic E-state index is 0.352. The second-order valence-corrected chi connectivity index (χ2v) is 5.22. The van der Waals surface area contributed by atoms with Gasteiger partial charge in [-0.15, -0.1) is 0 Å². The number of benzene rings is 1. The average Bonchev–Trinajstić information content (AvgIpc) is 3.34. The molecule has 3 rings (SSSR count). The third-order valence-corrected chi connectivity index (χ3v) is 3.17. The number of hydrogen-bond acceptors (Lipinski definition) is 4. The molecule has 112 valence electrons. The zero-order chi connectivity index (χ0) is 14.2. The maximum Gasteiger partial charge on any atom is 0.115 e. The van der Waals surface area contributed by atoms with Crippen molar-refractivity contribution in [1.82, 2.24) is 0 Å². The average molecular weight is 280 g/mol. The molecule has 0 aliphatic carbocycles. The lowest BCUT2D eigenvalue weighted by atomic mass is 10.1. The lowest BCUT2D eigenvalue weighted by Crippen LogP contribution is -2.06. The number of ether oxygens (including phenoxy) is 3. The van der Waals surface area contributed by atoms with E-state index in [4.69, 9.17) is 19.3 Å². The lowest BCUT2D eigenvalue weighted by molar-refractivity contribution is 0.102. The van der Waals surface area contributed by atoms with Crippen LogP contribution in [0.4, 0.5) is 0 Å². The van der Waals surface area contributed by atoms with Gasteiger partial charge < -0.3 is 19.3 Å². The SMILES string of the molecule is C(OCC1CO1)C1CO1.CCCCc1ccc(O)cc1. The van der Waals surface area contributed by atoms with Crippen molar-refractivity contribution in [3.63, 3.8) is 0 Å². The Morgan fingerprint density at radius 3 is 2.10 bits per heavy atom. The quantitative estimate of drug-likeness (QED) is 0.780. The van der Waals surface area contributed by atoms with Gasteiger partial charge in [0, 0.05) is 0 Å². The van der Waals surface area contributed by atoms with Crippen LogP contribution in [-0.4, -0.2) is 43.7 Å². The first-order valence-corrected chi connectivity index (χ1v) is 7.36. The highest BCUT2D eigenvalue weighted by Gasteiger charge is 2.26. The van der Waals surface area contributed by atoms with E-state index in [2.05, 4.69) is 6.92 Å². The molecule has 2 aliphatic rings. The maximum absolute atomic E-state index is 8.98. The van der Waals surface area contributed by atoms with E-state index in [1.165, 1.54) is 18.4 Å². The molecule has 0 saturated carbocycles. The molecule has 2 fully saturated rings. The van der Waals surface area contributed by atoms with Gasteiger partial charge in [-0.05, 0) is 30.5 Å². The Balaban J connectivity index is 0.000000149. The Hall–Kier alpha value is -1.10. The van der Waals surface area contributed by atoms with Gasteiger partial charge in [0.05, 0.1) is 26.4 Å². The predicted molar refractivity (Wildman–Crippen MR) is 77.0 cm³/mol. The first-order valence-electron chi connectivity index (χ1n) is 7.36. The number of epoxide rings is 2. The molecule has 4 heteroatoms. The summed E-state index contributed by atoms with van der Waals surface area (Å²) in [6.45, 7) is 5.44. The number of aromatic hydroxyl groups is 1. The van der Waals surface area contributed by atoms with Gasteiger partial charge in [-0.1, -0.05) is 25.5 Å². The molecule has 2 unspecified atom stereocenters. The third kappa shape index (κ3) is 6.89. The van der Waals surface area contributed by atoms with E-state index in [1.807, 2.05) is 12.1 Å². The standard InChI is InChI=1S/C10H14O.C6H10O3/c1-2-3-4-9-5-7-10(11)8-6-9;1(5-3-8-5)7-2-6-4-9-6/h5-8,11H,2-4H2,1H3;5-6H,1-4H2. The molecule has 2 saturated heterocycles. The van der Waals surface area contributed by atoms with Crippen molar-refractivity contribution >= 4 is 0 Å². The van der Waals surface area contributed by atoms with Gasteiger partial charge in [0.15, 0.2) is 0 Å². The summed E-state index contributed by atoms with van der Waals surface area (Å²) in [5.41, 5.74) is 1.31. The van der Waals surface area contributed by atoms with Gasteiger partial charge in [0.25, 0.3) is 0 Å². The smallest absolute Gasteiger partial charge is 0.115 e. The van der Waals surface area contributed by atoms with Crippen LogP contribution in [-0.2, 0) is 20.6 Å². The van der Waals surface area contributed by atoms with Crippen molar-refractivity contribution in [2.75, 3.05) is 26.4 Å². The van der Waals surface area contributed by atoms with Crippen LogP contribution in [0.25, 0.3) is 0 Å². The van der Waals surface area contributed by atoms with Crippen LogP contribution in [0.15, 0.2) is 24.3 Å². The third-order valence-electron chi connectivity index (χ3n) is 3.17. The van der Waals surface area contributed by atoms with Crippen LogP contribution < -0.4 is 0 Å². The van der Waals surface area contributed by atoms with Gasteiger partial charge in [-0.3, -0.25) is 0 Å². The molecular weight excluding hydrogens is 256 g/mol. The van der Waals surface area contributed by atoms with Crippen molar-refractivity contribution in [3.05, 3.63) is 29.8 Å². The molecule has 1 aromatic carbocycles. The summed E-state index contributed by atoms with van der Waals surface area (Å²) in [5.74, 6) is 0.352. The minimum absolute atomic E-state index is 0.352. The van der Waals surface area contributed by atoms with E-state index >= 15 is 0 Å². The lowest BCUT2D eigenvalue weighted by Gasteiger charge is -1.98. The number of unbranched alkanes of at least 4 members (excludes halogenated alkanes) is 1. The normalized spacial score (nSPS) is 22.9. The van der Waals surface area contributed by atoms with Crippen molar-refractivity contribution in [3.8, 4) is 5.75 Å². The summed E-state index contributed by atoms with van der Waals surface area (Å²) in [6.07, 6.45) is 4.36. The first kappa shape index (κ1) is 15.3. The molecule has 2 aliphatic heterocycles. The fourth-order valence-electron chi connectivity index (χ4n) is 1.70. The summed E-state index contributed by atoms with van der Waals surface area (Å²) in [6, 6.07) is 7.44. The largest absolute Gasteiger partial charge is 0.508 e. The molecule has 4 nitrogen and oxygen atoms in total. The van der Waals surface area contributed by atoms with Gasteiger partial charge in [-0.2, -0.15) is 0 Å². The number of phenols is 1. The number of aryl methyl sites for hydroxylation is 1. The van der Waals surface area contributed by atoms with Crippen LogP contribution in [0.1, 0.15) is 25.3 Å². The van der Waals surface area contributed by atoms with Crippen LogP contribution in [0, 0.1) is 0 Å². The van der Waals surface area contributed by atoms with Crippen LogP contribution in [0.5, 0.6) is 5.75 Å². The highest BCUT2D eigenvalue weighted by atomic mass is 16.6.